The van der Waals surface area contributed by atoms with Crippen LogP contribution in [0, 0.1) is 5.92 Å². The summed E-state index contributed by atoms with van der Waals surface area (Å²) in [6.45, 7) is 2.84. The van der Waals surface area contributed by atoms with E-state index in [-0.39, 0.29) is 5.91 Å². The molecule has 1 aliphatic heterocycles. The molecule has 110 valence electrons. The predicted molar refractivity (Wildman–Crippen MR) is 82.8 cm³/mol. The molecule has 1 aromatic rings. The lowest BCUT2D eigenvalue weighted by atomic mass is 9.94. The van der Waals surface area contributed by atoms with E-state index in [0.29, 0.717) is 18.9 Å². The molecule has 0 saturated carbocycles. The molecule has 0 aromatic heterocycles. The van der Waals surface area contributed by atoms with E-state index in [9.17, 15) is 4.79 Å². The Hall–Kier alpha value is -1.06. The average Bonchev–Trinajstić information content (AvgIpc) is 2.48. The van der Waals surface area contributed by atoms with Crippen molar-refractivity contribution in [1.82, 2.24) is 10.2 Å². The Balaban J connectivity index is 1.75. The number of halogens is 1. The molecule has 1 aromatic carbocycles. The fourth-order valence-corrected chi connectivity index (χ4v) is 2.77. The molecule has 1 aliphatic rings. The van der Waals surface area contributed by atoms with Crippen LogP contribution in [0.25, 0.3) is 0 Å². The molecule has 1 fully saturated rings. The monoisotopic (exact) mass is 294 g/mol. The van der Waals surface area contributed by atoms with Crippen molar-refractivity contribution in [2.75, 3.05) is 20.1 Å². The zero-order valence-corrected chi connectivity index (χ0v) is 12.8. The van der Waals surface area contributed by atoms with Gasteiger partial charge >= 0.3 is 0 Å². The molecule has 0 radical (unpaired) electrons. The number of hydrogen-bond acceptors (Lipinski definition) is 2. The highest BCUT2D eigenvalue weighted by Crippen LogP contribution is 2.17. The third-order valence-electron chi connectivity index (χ3n) is 3.92. The maximum atomic E-state index is 12.1. The van der Waals surface area contributed by atoms with Crippen LogP contribution in [0.4, 0.5) is 0 Å². The molecule has 0 aliphatic carbocycles. The van der Waals surface area contributed by atoms with Crippen molar-refractivity contribution in [1.29, 1.82) is 0 Å². The Morgan fingerprint density at radius 2 is 2.15 bits per heavy atom. The molecule has 4 heteroatoms. The van der Waals surface area contributed by atoms with Crippen LogP contribution in [0.3, 0.4) is 0 Å². The standard InChI is InChI=1S/C16H23ClN2O/c1-19(12-14-4-7-15(17)8-5-14)16(20)9-6-13-3-2-10-18-11-13/h4-5,7-8,13,18H,2-3,6,9-12H2,1H3. The lowest BCUT2D eigenvalue weighted by Gasteiger charge is -2.24. The summed E-state index contributed by atoms with van der Waals surface area (Å²) in [6, 6.07) is 7.67. The number of benzene rings is 1. The molecule has 0 bridgehead atoms. The number of carbonyl (C=O) groups excluding carboxylic acids is 1. The second kappa shape index (κ2) is 7.65. The molecule has 1 saturated heterocycles. The van der Waals surface area contributed by atoms with Crippen LogP contribution in [0.1, 0.15) is 31.2 Å². The second-order valence-corrected chi connectivity index (χ2v) is 6.06. The third kappa shape index (κ3) is 4.80. The maximum absolute atomic E-state index is 12.1. The lowest BCUT2D eigenvalue weighted by Crippen LogP contribution is -2.31. The van der Waals surface area contributed by atoms with E-state index < -0.39 is 0 Å². The van der Waals surface area contributed by atoms with E-state index in [1.807, 2.05) is 31.3 Å². The summed E-state index contributed by atoms with van der Waals surface area (Å²) in [7, 11) is 1.87. The molecule has 1 unspecified atom stereocenters. The van der Waals surface area contributed by atoms with Crippen LogP contribution in [0.5, 0.6) is 0 Å². The molecule has 2 rings (SSSR count). The van der Waals surface area contributed by atoms with E-state index in [4.69, 9.17) is 11.6 Å². The topological polar surface area (TPSA) is 32.3 Å². The van der Waals surface area contributed by atoms with Crippen LogP contribution in [-0.4, -0.2) is 30.9 Å². The van der Waals surface area contributed by atoms with Crippen LogP contribution in [0.2, 0.25) is 5.02 Å². The summed E-state index contributed by atoms with van der Waals surface area (Å²) in [5.41, 5.74) is 1.12. The molecule has 1 N–H and O–H groups in total. The van der Waals surface area contributed by atoms with Gasteiger partial charge in [0.2, 0.25) is 5.91 Å². The number of hydrogen-bond donors (Lipinski definition) is 1. The van der Waals surface area contributed by atoms with E-state index >= 15 is 0 Å². The van der Waals surface area contributed by atoms with Crippen molar-refractivity contribution in [3.63, 3.8) is 0 Å². The van der Waals surface area contributed by atoms with Crippen molar-refractivity contribution in [2.45, 2.75) is 32.2 Å². The van der Waals surface area contributed by atoms with Gasteiger partial charge in [-0.3, -0.25) is 4.79 Å². The summed E-state index contributed by atoms with van der Waals surface area (Å²) < 4.78 is 0. The van der Waals surface area contributed by atoms with Crippen LogP contribution in [0.15, 0.2) is 24.3 Å². The molecular formula is C16H23ClN2O. The highest BCUT2D eigenvalue weighted by Gasteiger charge is 2.16. The van der Waals surface area contributed by atoms with E-state index in [2.05, 4.69) is 5.32 Å². The first-order valence-electron chi connectivity index (χ1n) is 7.34. The summed E-state index contributed by atoms with van der Waals surface area (Å²) in [5.74, 6) is 0.891. The molecule has 1 atom stereocenters. The first-order chi connectivity index (χ1) is 9.65. The molecule has 20 heavy (non-hydrogen) atoms. The number of carbonyl (C=O) groups is 1. The predicted octanol–water partition coefficient (Wildman–Crippen LogP) is 3.08. The first kappa shape index (κ1) is 15.3. The fraction of sp³-hybridized carbons (Fsp3) is 0.562. The second-order valence-electron chi connectivity index (χ2n) is 5.63. The Morgan fingerprint density at radius 1 is 1.40 bits per heavy atom. The Kier molecular flexibility index (Phi) is 5.86. The van der Waals surface area contributed by atoms with Gasteiger partial charge in [-0.05, 0) is 56.0 Å². The zero-order valence-electron chi connectivity index (χ0n) is 12.1. The van der Waals surface area contributed by atoms with Gasteiger partial charge in [-0.15, -0.1) is 0 Å². The SMILES string of the molecule is CN(Cc1ccc(Cl)cc1)C(=O)CCC1CCCNC1. The first-order valence-corrected chi connectivity index (χ1v) is 7.72. The van der Waals surface area contributed by atoms with E-state index in [0.717, 1.165) is 30.1 Å². The fourth-order valence-electron chi connectivity index (χ4n) is 2.64. The highest BCUT2D eigenvalue weighted by atomic mass is 35.5. The normalized spacial score (nSPS) is 18.8. The van der Waals surface area contributed by atoms with Crippen LogP contribution >= 0.6 is 11.6 Å². The van der Waals surface area contributed by atoms with Gasteiger partial charge in [0.25, 0.3) is 0 Å². The zero-order chi connectivity index (χ0) is 14.4. The van der Waals surface area contributed by atoms with Crippen molar-refractivity contribution < 1.29 is 4.79 Å². The molecule has 0 spiro atoms. The van der Waals surface area contributed by atoms with Gasteiger partial charge in [-0.1, -0.05) is 23.7 Å². The van der Waals surface area contributed by atoms with Gasteiger partial charge in [-0.25, -0.2) is 0 Å². The Bertz CT molecular complexity index is 427. The average molecular weight is 295 g/mol. The smallest absolute Gasteiger partial charge is 0.222 e. The summed E-state index contributed by atoms with van der Waals surface area (Å²) >= 11 is 5.86. The minimum Gasteiger partial charge on any atom is -0.341 e. The van der Waals surface area contributed by atoms with Crippen molar-refractivity contribution in [2.24, 2.45) is 5.92 Å². The quantitative estimate of drug-likeness (QED) is 0.905. The summed E-state index contributed by atoms with van der Waals surface area (Å²) in [4.78, 5) is 13.9. The minimum atomic E-state index is 0.227. The van der Waals surface area contributed by atoms with Gasteiger partial charge < -0.3 is 10.2 Å². The maximum Gasteiger partial charge on any atom is 0.222 e. The van der Waals surface area contributed by atoms with Gasteiger partial charge in [0.1, 0.15) is 0 Å². The van der Waals surface area contributed by atoms with Gasteiger partial charge in [0.15, 0.2) is 0 Å². The number of amides is 1. The van der Waals surface area contributed by atoms with Gasteiger partial charge in [0.05, 0.1) is 0 Å². The lowest BCUT2D eigenvalue weighted by molar-refractivity contribution is -0.130. The third-order valence-corrected chi connectivity index (χ3v) is 4.18. The number of piperidine rings is 1. The summed E-state index contributed by atoms with van der Waals surface area (Å²) in [6.07, 6.45) is 4.13. The summed E-state index contributed by atoms with van der Waals surface area (Å²) in [5, 5.41) is 4.12. The van der Waals surface area contributed by atoms with Crippen molar-refractivity contribution in [3.8, 4) is 0 Å². The minimum absolute atomic E-state index is 0.227. The van der Waals surface area contributed by atoms with Gasteiger partial charge in [-0.2, -0.15) is 0 Å². The largest absolute Gasteiger partial charge is 0.341 e. The van der Waals surface area contributed by atoms with E-state index in [1.165, 1.54) is 12.8 Å². The Morgan fingerprint density at radius 3 is 2.80 bits per heavy atom. The molecule has 1 heterocycles. The van der Waals surface area contributed by atoms with Crippen LogP contribution in [-0.2, 0) is 11.3 Å². The van der Waals surface area contributed by atoms with Crippen molar-refractivity contribution in [3.05, 3.63) is 34.9 Å². The van der Waals surface area contributed by atoms with E-state index in [1.54, 1.807) is 4.90 Å². The van der Waals surface area contributed by atoms with Gasteiger partial charge in [0, 0.05) is 25.0 Å². The molecule has 1 amide bonds. The molecular weight excluding hydrogens is 272 g/mol. The molecule has 3 nitrogen and oxygen atoms in total. The Labute approximate surface area is 126 Å². The van der Waals surface area contributed by atoms with Crippen molar-refractivity contribution >= 4 is 17.5 Å². The number of nitrogens with zero attached hydrogens (tertiary/aromatic N) is 1. The highest BCUT2D eigenvalue weighted by molar-refractivity contribution is 6.30. The number of rotatable bonds is 5. The van der Waals surface area contributed by atoms with Crippen LogP contribution < -0.4 is 5.32 Å². The number of nitrogens with one attached hydrogen (secondary N) is 1.